The third kappa shape index (κ3) is 2.51. The number of anilines is 1. The molecule has 0 amide bonds. The number of nitrogens with zero attached hydrogens (tertiary/aromatic N) is 2. The van der Waals surface area contributed by atoms with Crippen LogP contribution in [0, 0.1) is 5.82 Å². The van der Waals surface area contributed by atoms with Crippen LogP contribution in [0.2, 0.25) is 5.02 Å². The molecule has 0 atom stereocenters. The molecular formula is C15H17ClFN3O. The monoisotopic (exact) mass is 309 g/mol. The minimum absolute atomic E-state index is 0.124. The lowest BCUT2D eigenvalue weighted by Gasteiger charge is -2.30. The van der Waals surface area contributed by atoms with Crippen molar-refractivity contribution in [3.05, 3.63) is 39.4 Å². The Labute approximate surface area is 127 Å². The van der Waals surface area contributed by atoms with Gasteiger partial charge in [0.1, 0.15) is 10.8 Å². The van der Waals surface area contributed by atoms with Gasteiger partial charge in [0.2, 0.25) is 5.43 Å². The second-order valence-corrected chi connectivity index (χ2v) is 5.56. The second-order valence-electron chi connectivity index (χ2n) is 5.15. The molecule has 6 heteroatoms. The fourth-order valence-corrected chi connectivity index (χ4v) is 2.99. The van der Waals surface area contributed by atoms with E-state index in [0.717, 1.165) is 31.7 Å². The minimum Gasteiger partial charge on any atom is -0.367 e. The molecule has 112 valence electrons. The smallest absolute Gasteiger partial charge is 0.208 e. The van der Waals surface area contributed by atoms with Gasteiger partial charge in [-0.05, 0) is 19.1 Å². The van der Waals surface area contributed by atoms with Gasteiger partial charge in [-0.3, -0.25) is 4.79 Å². The van der Waals surface area contributed by atoms with E-state index in [1.54, 1.807) is 12.3 Å². The van der Waals surface area contributed by atoms with Crippen molar-refractivity contribution in [1.29, 1.82) is 0 Å². The van der Waals surface area contributed by atoms with Gasteiger partial charge in [-0.15, -0.1) is 0 Å². The van der Waals surface area contributed by atoms with E-state index in [9.17, 15) is 9.18 Å². The molecule has 1 aromatic heterocycles. The number of hydrogen-bond acceptors (Lipinski definition) is 3. The highest BCUT2D eigenvalue weighted by atomic mass is 35.5. The molecule has 0 saturated carbocycles. The average Bonchev–Trinajstić information content (AvgIpc) is 2.51. The normalized spacial score (nSPS) is 15.7. The summed E-state index contributed by atoms with van der Waals surface area (Å²) in [5.74, 6) is -0.369. The number of nitrogens with one attached hydrogen (secondary N) is 1. The van der Waals surface area contributed by atoms with Gasteiger partial charge >= 0.3 is 0 Å². The standard InChI is InChI=1S/C15H17ClFN3O/c1-2-19-9-11(16)15(21)10-7-12(17)14(8-13(10)19)20-5-3-18-4-6-20/h7-9,18H,2-6H2,1H3. The number of aryl methyl sites for hydroxylation is 1. The van der Waals surface area contributed by atoms with Gasteiger partial charge in [0.05, 0.1) is 16.6 Å². The van der Waals surface area contributed by atoms with Gasteiger partial charge in [-0.25, -0.2) is 4.39 Å². The van der Waals surface area contributed by atoms with Crippen LogP contribution in [-0.4, -0.2) is 30.7 Å². The van der Waals surface area contributed by atoms with E-state index >= 15 is 0 Å². The highest BCUT2D eigenvalue weighted by molar-refractivity contribution is 6.31. The number of fused-ring (bicyclic) bond motifs is 1. The van der Waals surface area contributed by atoms with E-state index in [-0.39, 0.29) is 16.3 Å². The maximum absolute atomic E-state index is 14.4. The molecule has 2 aromatic rings. The predicted octanol–water partition coefficient (Wildman–Crippen LogP) is 2.22. The van der Waals surface area contributed by atoms with Crippen molar-refractivity contribution in [2.24, 2.45) is 0 Å². The highest BCUT2D eigenvalue weighted by Crippen LogP contribution is 2.26. The fraction of sp³-hybridized carbons (Fsp3) is 0.400. The Hall–Kier alpha value is -1.59. The molecule has 2 heterocycles. The zero-order valence-corrected chi connectivity index (χ0v) is 12.6. The molecule has 1 saturated heterocycles. The first kappa shape index (κ1) is 14.4. The van der Waals surface area contributed by atoms with Gasteiger partial charge in [0.25, 0.3) is 0 Å². The van der Waals surface area contributed by atoms with Crippen LogP contribution in [0.25, 0.3) is 10.9 Å². The summed E-state index contributed by atoms with van der Waals surface area (Å²) in [4.78, 5) is 14.1. The lowest BCUT2D eigenvalue weighted by atomic mass is 10.1. The summed E-state index contributed by atoms with van der Waals surface area (Å²) in [6, 6.07) is 3.07. The maximum atomic E-state index is 14.4. The van der Waals surface area contributed by atoms with Crippen molar-refractivity contribution in [3.63, 3.8) is 0 Å². The number of hydrogen-bond donors (Lipinski definition) is 1. The number of halogens is 2. The van der Waals surface area contributed by atoms with Crippen LogP contribution in [0.3, 0.4) is 0 Å². The van der Waals surface area contributed by atoms with Gasteiger partial charge in [0, 0.05) is 38.9 Å². The molecule has 0 bridgehead atoms. The lowest BCUT2D eigenvalue weighted by molar-refractivity contribution is 0.567. The molecule has 0 aliphatic carbocycles. The number of benzene rings is 1. The first-order chi connectivity index (χ1) is 10.1. The third-order valence-corrected chi connectivity index (χ3v) is 4.17. The number of pyridine rings is 1. The molecule has 1 fully saturated rings. The van der Waals surface area contributed by atoms with Crippen LogP contribution in [0.15, 0.2) is 23.1 Å². The summed E-state index contributed by atoms with van der Waals surface area (Å²) in [5.41, 5.74) is 0.955. The molecule has 1 aliphatic heterocycles. The Morgan fingerprint density at radius 2 is 2.05 bits per heavy atom. The molecule has 1 aliphatic rings. The second kappa shape index (κ2) is 5.66. The van der Waals surface area contributed by atoms with Crippen molar-refractivity contribution < 1.29 is 4.39 Å². The first-order valence-corrected chi connectivity index (χ1v) is 7.47. The van der Waals surface area contributed by atoms with E-state index < -0.39 is 0 Å². The number of rotatable bonds is 2. The molecule has 3 rings (SSSR count). The molecule has 4 nitrogen and oxygen atoms in total. The van der Waals surface area contributed by atoms with Gasteiger partial charge in [0.15, 0.2) is 0 Å². The Morgan fingerprint density at radius 3 is 2.71 bits per heavy atom. The molecule has 21 heavy (non-hydrogen) atoms. The van der Waals surface area contributed by atoms with Crippen LogP contribution in [-0.2, 0) is 6.54 Å². The van der Waals surface area contributed by atoms with Crippen molar-refractivity contribution in [3.8, 4) is 0 Å². The molecule has 1 N–H and O–H groups in total. The molecule has 0 spiro atoms. The van der Waals surface area contributed by atoms with Crippen molar-refractivity contribution in [1.82, 2.24) is 9.88 Å². The molecule has 1 aromatic carbocycles. The maximum Gasteiger partial charge on any atom is 0.208 e. The van der Waals surface area contributed by atoms with E-state index in [0.29, 0.717) is 17.6 Å². The number of aromatic nitrogens is 1. The Morgan fingerprint density at radius 1 is 1.33 bits per heavy atom. The van der Waals surface area contributed by atoms with Gasteiger partial charge < -0.3 is 14.8 Å². The SMILES string of the molecule is CCn1cc(Cl)c(=O)c2cc(F)c(N3CCNCC3)cc21. The van der Waals surface area contributed by atoms with E-state index in [1.807, 2.05) is 16.4 Å². The van der Waals surface area contributed by atoms with Crippen LogP contribution in [0.5, 0.6) is 0 Å². The summed E-state index contributed by atoms with van der Waals surface area (Å²) >= 11 is 5.94. The Kier molecular flexibility index (Phi) is 3.87. The van der Waals surface area contributed by atoms with Crippen LogP contribution in [0.1, 0.15) is 6.92 Å². The van der Waals surface area contributed by atoms with Crippen molar-refractivity contribution >= 4 is 28.2 Å². The van der Waals surface area contributed by atoms with Crippen molar-refractivity contribution in [2.45, 2.75) is 13.5 Å². The van der Waals surface area contributed by atoms with E-state index in [2.05, 4.69) is 5.32 Å². The molecule has 0 unspecified atom stereocenters. The predicted molar refractivity (Wildman–Crippen MR) is 83.9 cm³/mol. The zero-order chi connectivity index (χ0) is 15.0. The topological polar surface area (TPSA) is 37.3 Å². The highest BCUT2D eigenvalue weighted by Gasteiger charge is 2.17. The minimum atomic E-state index is -0.369. The fourth-order valence-electron chi connectivity index (χ4n) is 2.77. The average molecular weight is 310 g/mol. The first-order valence-electron chi connectivity index (χ1n) is 7.09. The summed E-state index contributed by atoms with van der Waals surface area (Å²) in [6.07, 6.45) is 1.62. The summed E-state index contributed by atoms with van der Waals surface area (Å²) < 4.78 is 16.3. The van der Waals surface area contributed by atoms with E-state index in [1.165, 1.54) is 6.07 Å². The molecule has 0 radical (unpaired) electrons. The summed E-state index contributed by atoms with van der Waals surface area (Å²) in [7, 11) is 0. The van der Waals surface area contributed by atoms with Crippen LogP contribution < -0.4 is 15.6 Å². The quantitative estimate of drug-likeness (QED) is 0.924. The Balaban J connectivity index is 2.22. The third-order valence-electron chi connectivity index (χ3n) is 3.90. The number of piperazine rings is 1. The van der Waals surface area contributed by atoms with Crippen molar-refractivity contribution in [2.75, 3.05) is 31.1 Å². The summed E-state index contributed by atoms with van der Waals surface area (Å²) in [5, 5.41) is 3.70. The van der Waals surface area contributed by atoms with Gasteiger partial charge in [-0.2, -0.15) is 0 Å². The Bertz CT molecular complexity index is 738. The van der Waals surface area contributed by atoms with E-state index in [4.69, 9.17) is 11.6 Å². The van der Waals surface area contributed by atoms with Gasteiger partial charge in [-0.1, -0.05) is 11.6 Å². The van der Waals surface area contributed by atoms with Crippen LogP contribution in [0.4, 0.5) is 10.1 Å². The molecular weight excluding hydrogens is 293 g/mol. The largest absolute Gasteiger partial charge is 0.367 e. The summed E-state index contributed by atoms with van der Waals surface area (Å²) in [6.45, 7) is 5.81. The zero-order valence-electron chi connectivity index (χ0n) is 11.8. The van der Waals surface area contributed by atoms with Crippen LogP contribution >= 0.6 is 11.6 Å². The lowest BCUT2D eigenvalue weighted by Crippen LogP contribution is -2.43.